The van der Waals surface area contributed by atoms with Crippen LogP contribution in [0.1, 0.15) is 15.9 Å². The molecule has 1 amide bonds. The second-order valence-electron chi connectivity index (χ2n) is 4.76. The highest BCUT2D eigenvalue weighted by Gasteiger charge is 2.15. The zero-order chi connectivity index (χ0) is 15.0. The van der Waals surface area contributed by atoms with Crippen LogP contribution in [0.5, 0.6) is 0 Å². The number of halogens is 3. The fourth-order valence-electron chi connectivity index (χ4n) is 2.26. The monoisotopic (exact) mass is 324 g/mol. The van der Waals surface area contributed by atoms with E-state index in [2.05, 4.69) is 10.6 Å². The Bertz CT molecular complexity index is 711. The fourth-order valence-corrected chi connectivity index (χ4v) is 2.75. The van der Waals surface area contributed by atoms with E-state index < -0.39 is 5.82 Å². The first-order chi connectivity index (χ1) is 10.0. The van der Waals surface area contributed by atoms with Crippen LogP contribution in [0.2, 0.25) is 10.0 Å². The van der Waals surface area contributed by atoms with Crippen molar-refractivity contribution in [3.05, 3.63) is 57.3 Å². The van der Waals surface area contributed by atoms with Crippen molar-refractivity contribution >= 4 is 40.5 Å². The van der Waals surface area contributed by atoms with E-state index in [0.717, 1.165) is 18.7 Å². The molecule has 3 rings (SSSR count). The third-order valence-corrected chi connectivity index (χ3v) is 3.87. The summed E-state index contributed by atoms with van der Waals surface area (Å²) in [6, 6.07) is 8.13. The van der Waals surface area contributed by atoms with Crippen molar-refractivity contribution in [2.45, 2.75) is 6.42 Å². The van der Waals surface area contributed by atoms with Crippen molar-refractivity contribution in [1.82, 2.24) is 0 Å². The number of carbonyl (C=O) groups excluding carboxylic acids is 1. The summed E-state index contributed by atoms with van der Waals surface area (Å²) in [4.78, 5) is 12.2. The first kappa shape index (κ1) is 14.2. The van der Waals surface area contributed by atoms with E-state index in [1.165, 1.54) is 17.7 Å². The summed E-state index contributed by atoms with van der Waals surface area (Å²) in [5.41, 5.74) is 3.03. The van der Waals surface area contributed by atoms with Crippen LogP contribution in [-0.4, -0.2) is 12.5 Å². The van der Waals surface area contributed by atoms with Gasteiger partial charge in [-0.2, -0.15) is 0 Å². The Labute approximate surface area is 131 Å². The van der Waals surface area contributed by atoms with Crippen molar-refractivity contribution in [2.24, 2.45) is 0 Å². The van der Waals surface area contributed by atoms with E-state index in [1.807, 2.05) is 6.07 Å². The average Bonchev–Trinajstić information content (AvgIpc) is 2.91. The maximum absolute atomic E-state index is 13.3. The molecular weight excluding hydrogens is 314 g/mol. The normalized spacial score (nSPS) is 12.7. The lowest BCUT2D eigenvalue weighted by atomic mass is 10.1. The topological polar surface area (TPSA) is 41.1 Å². The van der Waals surface area contributed by atoms with Crippen molar-refractivity contribution < 1.29 is 9.18 Å². The highest BCUT2D eigenvalue weighted by Crippen LogP contribution is 2.28. The van der Waals surface area contributed by atoms with Gasteiger partial charge in [-0.3, -0.25) is 4.79 Å². The summed E-state index contributed by atoms with van der Waals surface area (Å²) < 4.78 is 13.3. The quantitative estimate of drug-likeness (QED) is 0.806. The molecule has 2 N–H and O–H groups in total. The first-order valence-corrected chi connectivity index (χ1v) is 7.13. The van der Waals surface area contributed by atoms with Gasteiger partial charge in [0.1, 0.15) is 0 Å². The van der Waals surface area contributed by atoms with Gasteiger partial charge in [-0.15, -0.1) is 0 Å². The average molecular weight is 325 g/mol. The number of anilines is 2. The van der Waals surface area contributed by atoms with Crippen LogP contribution in [0, 0.1) is 5.82 Å². The lowest BCUT2D eigenvalue weighted by molar-refractivity contribution is 0.102. The number of fused-ring (bicyclic) bond motifs is 1. The number of carbonyl (C=O) groups is 1. The molecule has 0 saturated carbocycles. The van der Waals surface area contributed by atoms with Crippen LogP contribution in [0.4, 0.5) is 15.8 Å². The second kappa shape index (κ2) is 5.54. The smallest absolute Gasteiger partial charge is 0.255 e. The molecule has 2 aromatic carbocycles. The van der Waals surface area contributed by atoms with Crippen molar-refractivity contribution in [3.63, 3.8) is 0 Å². The minimum Gasteiger partial charge on any atom is -0.384 e. The van der Waals surface area contributed by atoms with Gasteiger partial charge in [-0.05, 0) is 36.2 Å². The predicted molar refractivity (Wildman–Crippen MR) is 83.0 cm³/mol. The summed E-state index contributed by atoms with van der Waals surface area (Å²) in [5, 5.41) is 5.61. The molecule has 1 aliphatic heterocycles. The van der Waals surface area contributed by atoms with Crippen LogP contribution in [0.3, 0.4) is 0 Å². The van der Waals surface area contributed by atoms with E-state index in [4.69, 9.17) is 23.2 Å². The maximum Gasteiger partial charge on any atom is 0.255 e. The zero-order valence-corrected chi connectivity index (χ0v) is 12.4. The number of hydrogen-bond acceptors (Lipinski definition) is 2. The van der Waals surface area contributed by atoms with Crippen LogP contribution in [0.25, 0.3) is 0 Å². The Morgan fingerprint density at radius 3 is 2.62 bits per heavy atom. The van der Waals surface area contributed by atoms with E-state index in [1.54, 1.807) is 12.1 Å². The van der Waals surface area contributed by atoms with Gasteiger partial charge in [-0.25, -0.2) is 4.39 Å². The van der Waals surface area contributed by atoms with Gasteiger partial charge in [0.15, 0.2) is 5.82 Å². The van der Waals surface area contributed by atoms with Crippen LogP contribution in [0.15, 0.2) is 30.3 Å². The summed E-state index contributed by atoms with van der Waals surface area (Å²) in [6.07, 6.45) is 0.959. The molecule has 1 heterocycles. The van der Waals surface area contributed by atoms with Crippen molar-refractivity contribution in [1.29, 1.82) is 0 Å². The van der Waals surface area contributed by atoms with E-state index in [0.29, 0.717) is 11.3 Å². The standard InChI is InChI=1S/C15H11Cl2FN2O/c16-11-6-10(7-12(17)14(11)18)20-15(21)9-2-1-8-3-4-19-13(8)5-9/h1-2,5-7,19H,3-4H2,(H,20,21). The van der Waals surface area contributed by atoms with E-state index >= 15 is 0 Å². The fraction of sp³-hybridized carbons (Fsp3) is 0.133. The molecule has 6 heteroatoms. The molecule has 0 saturated heterocycles. The third-order valence-electron chi connectivity index (χ3n) is 3.32. The predicted octanol–water partition coefficient (Wildman–Crippen LogP) is 4.35. The highest BCUT2D eigenvalue weighted by atomic mass is 35.5. The summed E-state index contributed by atoms with van der Waals surface area (Å²) >= 11 is 11.4. The first-order valence-electron chi connectivity index (χ1n) is 6.37. The molecular formula is C15H11Cl2FN2O. The SMILES string of the molecule is O=C(Nc1cc(Cl)c(F)c(Cl)c1)c1ccc2c(c1)NCC2. The van der Waals surface area contributed by atoms with Crippen molar-refractivity contribution in [3.8, 4) is 0 Å². The van der Waals surface area contributed by atoms with Gasteiger partial charge in [0.2, 0.25) is 0 Å². The number of hydrogen-bond donors (Lipinski definition) is 2. The number of rotatable bonds is 2. The van der Waals surface area contributed by atoms with Gasteiger partial charge < -0.3 is 10.6 Å². The molecule has 0 aliphatic carbocycles. The molecule has 2 aromatic rings. The van der Waals surface area contributed by atoms with Gasteiger partial charge in [-0.1, -0.05) is 29.3 Å². The minimum atomic E-state index is -0.696. The van der Waals surface area contributed by atoms with E-state index in [-0.39, 0.29) is 16.0 Å². The summed E-state index contributed by atoms with van der Waals surface area (Å²) in [5.74, 6) is -0.997. The molecule has 0 unspecified atom stereocenters. The zero-order valence-electron chi connectivity index (χ0n) is 10.8. The molecule has 1 aliphatic rings. The number of nitrogens with one attached hydrogen (secondary N) is 2. The Kier molecular flexibility index (Phi) is 3.74. The molecule has 108 valence electrons. The Balaban J connectivity index is 1.83. The summed E-state index contributed by atoms with van der Waals surface area (Å²) in [6.45, 7) is 0.879. The molecule has 0 radical (unpaired) electrons. The molecule has 0 atom stereocenters. The number of benzene rings is 2. The van der Waals surface area contributed by atoms with Crippen LogP contribution >= 0.6 is 23.2 Å². The minimum absolute atomic E-state index is 0.131. The van der Waals surface area contributed by atoms with Gasteiger partial charge in [0.25, 0.3) is 5.91 Å². The second-order valence-corrected chi connectivity index (χ2v) is 5.57. The molecule has 3 nitrogen and oxygen atoms in total. The molecule has 21 heavy (non-hydrogen) atoms. The van der Waals surface area contributed by atoms with Gasteiger partial charge in [0.05, 0.1) is 10.0 Å². The largest absolute Gasteiger partial charge is 0.384 e. The number of amides is 1. The molecule has 0 fully saturated rings. The summed E-state index contributed by atoms with van der Waals surface area (Å²) in [7, 11) is 0. The molecule has 0 aromatic heterocycles. The van der Waals surface area contributed by atoms with Gasteiger partial charge in [0, 0.05) is 23.5 Å². The van der Waals surface area contributed by atoms with Crippen molar-refractivity contribution in [2.75, 3.05) is 17.2 Å². The Morgan fingerprint density at radius 2 is 1.90 bits per heavy atom. The molecule has 0 spiro atoms. The van der Waals surface area contributed by atoms with E-state index in [9.17, 15) is 9.18 Å². The highest BCUT2D eigenvalue weighted by molar-refractivity contribution is 6.35. The lowest BCUT2D eigenvalue weighted by Crippen LogP contribution is -2.12. The maximum atomic E-state index is 13.3. The van der Waals surface area contributed by atoms with Gasteiger partial charge >= 0.3 is 0 Å². The Hall–Kier alpha value is -1.78. The van der Waals surface area contributed by atoms with Crippen LogP contribution < -0.4 is 10.6 Å². The molecule has 0 bridgehead atoms. The Morgan fingerprint density at radius 1 is 1.19 bits per heavy atom. The van der Waals surface area contributed by atoms with Crippen LogP contribution in [-0.2, 0) is 6.42 Å². The lowest BCUT2D eigenvalue weighted by Gasteiger charge is -2.08. The third kappa shape index (κ3) is 2.82.